The first-order valence-corrected chi connectivity index (χ1v) is 9.02. The summed E-state index contributed by atoms with van der Waals surface area (Å²) in [6.07, 6.45) is 2.23. The van der Waals surface area contributed by atoms with E-state index in [-0.39, 0.29) is 10.7 Å². The third kappa shape index (κ3) is 2.78. The second-order valence-electron chi connectivity index (χ2n) is 5.74. The van der Waals surface area contributed by atoms with Gasteiger partial charge in [0, 0.05) is 11.8 Å². The van der Waals surface area contributed by atoms with Crippen molar-refractivity contribution < 1.29 is 17.9 Å². The Balaban J connectivity index is 2.06. The van der Waals surface area contributed by atoms with Gasteiger partial charge in [-0.3, -0.25) is 0 Å². The first-order valence-electron chi connectivity index (χ1n) is 7.13. The van der Waals surface area contributed by atoms with E-state index in [2.05, 4.69) is 0 Å². The highest BCUT2D eigenvalue weighted by Gasteiger charge is 2.29. The van der Waals surface area contributed by atoms with Crippen LogP contribution < -0.4 is 0 Å². The van der Waals surface area contributed by atoms with Crippen molar-refractivity contribution in [3.8, 4) is 0 Å². The summed E-state index contributed by atoms with van der Waals surface area (Å²) in [5.74, 6) is -0.281. The summed E-state index contributed by atoms with van der Waals surface area (Å²) in [4.78, 5) is 0.218. The summed E-state index contributed by atoms with van der Waals surface area (Å²) in [7, 11) is -3.37. The van der Waals surface area contributed by atoms with Gasteiger partial charge in [-0.25, -0.2) is 12.8 Å². The van der Waals surface area contributed by atoms with Gasteiger partial charge >= 0.3 is 0 Å². The predicted molar refractivity (Wildman–Crippen MR) is 82.0 cm³/mol. The topological polar surface area (TPSA) is 54.4 Å². The molecule has 1 aliphatic carbocycles. The fourth-order valence-electron chi connectivity index (χ4n) is 3.09. The molecule has 0 aliphatic heterocycles. The average Bonchev–Trinajstić information content (AvgIpc) is 2.83. The zero-order valence-electron chi connectivity index (χ0n) is 12.2. The molecule has 0 spiro atoms. The molecule has 3 rings (SSSR count). The second-order valence-corrected chi connectivity index (χ2v) is 7.73. The monoisotopic (exact) mass is 320 g/mol. The lowest BCUT2D eigenvalue weighted by molar-refractivity contribution is 0.177. The fraction of sp³-hybridized carbons (Fsp3) is 0.294. The molecule has 0 saturated heterocycles. The molecule has 0 radical (unpaired) electrons. The number of fused-ring (bicyclic) bond motifs is 1. The van der Waals surface area contributed by atoms with Crippen LogP contribution >= 0.6 is 0 Å². The maximum atomic E-state index is 13.0. The highest BCUT2D eigenvalue weighted by Crippen LogP contribution is 2.38. The van der Waals surface area contributed by atoms with E-state index in [9.17, 15) is 17.9 Å². The van der Waals surface area contributed by atoms with Gasteiger partial charge in [0.1, 0.15) is 5.82 Å². The molecule has 2 aromatic carbocycles. The quantitative estimate of drug-likeness (QED) is 0.946. The molecule has 0 amide bonds. The van der Waals surface area contributed by atoms with Gasteiger partial charge in [0.2, 0.25) is 0 Å². The van der Waals surface area contributed by atoms with Crippen LogP contribution in [0.4, 0.5) is 4.39 Å². The van der Waals surface area contributed by atoms with E-state index in [0.717, 1.165) is 22.9 Å². The van der Waals surface area contributed by atoms with Gasteiger partial charge in [0.15, 0.2) is 9.84 Å². The SMILES string of the molecule is CS(=O)(=O)c1ccc(Cc2ccc(F)cc2)c2c1C(O)CC2. The molecule has 116 valence electrons. The molecule has 0 saturated carbocycles. The summed E-state index contributed by atoms with van der Waals surface area (Å²) >= 11 is 0. The maximum Gasteiger partial charge on any atom is 0.175 e. The first kappa shape index (κ1) is 15.2. The number of hydrogen-bond donors (Lipinski definition) is 1. The smallest absolute Gasteiger partial charge is 0.175 e. The van der Waals surface area contributed by atoms with Crippen molar-refractivity contribution in [3.05, 3.63) is 64.5 Å². The number of hydrogen-bond acceptors (Lipinski definition) is 3. The van der Waals surface area contributed by atoms with E-state index in [1.54, 1.807) is 24.3 Å². The molecule has 1 N–H and O–H groups in total. The minimum absolute atomic E-state index is 0.218. The third-order valence-corrected chi connectivity index (χ3v) is 5.28. The van der Waals surface area contributed by atoms with Crippen molar-refractivity contribution >= 4 is 9.84 Å². The molecule has 1 aliphatic rings. The standard InChI is InChI=1S/C17H17FO3S/c1-22(20,21)16-9-4-12(14-7-8-15(19)17(14)16)10-11-2-5-13(18)6-3-11/h2-6,9,15,19H,7-8,10H2,1H3. The van der Waals surface area contributed by atoms with Crippen LogP contribution in [0.5, 0.6) is 0 Å². The minimum Gasteiger partial charge on any atom is -0.388 e. The normalized spacial score (nSPS) is 17.5. The van der Waals surface area contributed by atoms with Gasteiger partial charge in [-0.15, -0.1) is 0 Å². The Kier molecular flexibility index (Phi) is 3.78. The molecule has 2 aromatic rings. The van der Waals surface area contributed by atoms with Gasteiger partial charge in [0.05, 0.1) is 11.0 Å². The summed E-state index contributed by atoms with van der Waals surface area (Å²) in [6.45, 7) is 0. The molecule has 1 atom stereocenters. The van der Waals surface area contributed by atoms with Gasteiger partial charge in [-0.2, -0.15) is 0 Å². The number of sulfone groups is 1. The van der Waals surface area contributed by atoms with Gasteiger partial charge < -0.3 is 5.11 Å². The lowest BCUT2D eigenvalue weighted by Crippen LogP contribution is -2.07. The van der Waals surface area contributed by atoms with E-state index in [0.29, 0.717) is 24.8 Å². The summed E-state index contributed by atoms with van der Waals surface area (Å²) in [5, 5.41) is 10.1. The van der Waals surface area contributed by atoms with Gasteiger partial charge in [0.25, 0.3) is 0 Å². The van der Waals surface area contributed by atoms with Crippen LogP contribution in [0, 0.1) is 5.82 Å². The molecule has 0 heterocycles. The molecule has 0 bridgehead atoms. The Morgan fingerprint density at radius 1 is 1.18 bits per heavy atom. The van der Waals surface area contributed by atoms with Crippen LogP contribution in [-0.2, 0) is 22.7 Å². The van der Waals surface area contributed by atoms with Crippen LogP contribution in [0.2, 0.25) is 0 Å². The zero-order chi connectivity index (χ0) is 15.9. The molecule has 22 heavy (non-hydrogen) atoms. The Morgan fingerprint density at radius 2 is 1.86 bits per heavy atom. The molecule has 3 nitrogen and oxygen atoms in total. The van der Waals surface area contributed by atoms with Crippen molar-refractivity contribution in [2.24, 2.45) is 0 Å². The number of halogens is 1. The van der Waals surface area contributed by atoms with Crippen molar-refractivity contribution in [1.29, 1.82) is 0 Å². The Morgan fingerprint density at radius 3 is 2.50 bits per heavy atom. The van der Waals surface area contributed by atoms with Crippen molar-refractivity contribution in [2.45, 2.75) is 30.3 Å². The van der Waals surface area contributed by atoms with E-state index < -0.39 is 15.9 Å². The molecule has 0 aromatic heterocycles. The van der Waals surface area contributed by atoms with E-state index in [4.69, 9.17) is 0 Å². The van der Waals surface area contributed by atoms with Crippen LogP contribution in [0.25, 0.3) is 0 Å². The average molecular weight is 320 g/mol. The number of benzene rings is 2. The molecule has 5 heteroatoms. The van der Waals surface area contributed by atoms with Crippen LogP contribution in [-0.4, -0.2) is 19.8 Å². The summed E-state index contributed by atoms with van der Waals surface area (Å²) in [6, 6.07) is 9.64. The molecule has 0 fully saturated rings. The Bertz CT molecular complexity index is 811. The van der Waals surface area contributed by atoms with Crippen LogP contribution in [0.3, 0.4) is 0 Å². The number of aliphatic hydroxyl groups excluding tert-OH is 1. The highest BCUT2D eigenvalue weighted by atomic mass is 32.2. The van der Waals surface area contributed by atoms with E-state index in [1.165, 1.54) is 12.1 Å². The number of aliphatic hydroxyl groups is 1. The van der Waals surface area contributed by atoms with Crippen molar-refractivity contribution in [1.82, 2.24) is 0 Å². The molecular weight excluding hydrogens is 303 g/mol. The van der Waals surface area contributed by atoms with E-state index >= 15 is 0 Å². The van der Waals surface area contributed by atoms with Gasteiger partial charge in [-0.05, 0) is 54.2 Å². The lowest BCUT2D eigenvalue weighted by atomic mass is 9.97. The number of rotatable bonds is 3. The summed E-state index contributed by atoms with van der Waals surface area (Å²) < 4.78 is 36.8. The zero-order valence-corrected chi connectivity index (χ0v) is 13.0. The third-order valence-electron chi connectivity index (χ3n) is 4.12. The second kappa shape index (κ2) is 5.48. The minimum atomic E-state index is -3.37. The predicted octanol–water partition coefficient (Wildman–Crippen LogP) is 2.80. The highest BCUT2D eigenvalue weighted by molar-refractivity contribution is 7.90. The Hall–Kier alpha value is -1.72. The largest absolute Gasteiger partial charge is 0.388 e. The van der Waals surface area contributed by atoms with E-state index in [1.807, 2.05) is 0 Å². The molecule has 1 unspecified atom stereocenters. The first-order chi connectivity index (χ1) is 10.4. The maximum absolute atomic E-state index is 13.0. The van der Waals surface area contributed by atoms with Crippen molar-refractivity contribution in [3.63, 3.8) is 0 Å². The van der Waals surface area contributed by atoms with Crippen LogP contribution in [0.15, 0.2) is 41.3 Å². The van der Waals surface area contributed by atoms with Crippen molar-refractivity contribution in [2.75, 3.05) is 6.26 Å². The molecular formula is C17H17FO3S. The van der Waals surface area contributed by atoms with Crippen LogP contribution in [0.1, 0.15) is 34.8 Å². The van der Waals surface area contributed by atoms with Gasteiger partial charge in [-0.1, -0.05) is 18.2 Å². The fourth-order valence-corrected chi connectivity index (χ4v) is 4.06. The Labute approximate surface area is 129 Å². The lowest BCUT2D eigenvalue weighted by Gasteiger charge is -2.14. The summed E-state index contributed by atoms with van der Waals surface area (Å²) in [5.41, 5.74) is 3.41.